The van der Waals surface area contributed by atoms with Gasteiger partial charge in [0, 0.05) is 24.2 Å². The number of nitrogens with one attached hydrogen (secondary N) is 2. The van der Waals surface area contributed by atoms with Crippen LogP contribution in [-0.2, 0) is 0 Å². The number of hydrogen-bond acceptors (Lipinski definition) is 4. The van der Waals surface area contributed by atoms with Crippen LogP contribution in [0.4, 0.5) is 14.5 Å². The number of carbonyl (C=O) groups excluding carboxylic acids is 1. The number of carbonyl (C=O) groups is 1. The van der Waals surface area contributed by atoms with Gasteiger partial charge in [0.05, 0.1) is 25.1 Å². The summed E-state index contributed by atoms with van der Waals surface area (Å²) in [6.07, 6.45) is 0.811. The molecule has 3 aromatic rings. The molecule has 2 heterocycles. The van der Waals surface area contributed by atoms with Crippen LogP contribution in [0.25, 0.3) is 21.9 Å². The molecule has 164 valence electrons. The highest BCUT2D eigenvalue weighted by atomic mass is 19.1. The standard InChI is InChI=1S/C23H21F2N5O2/c1-13-21(23(31)28-15-8-9-27-12-15)29-22(14-4-6-19(26-2)17(24)10-14)30(13)16-5-7-20(32-3)18(25)11-16/h4-7,10-11,15,27H,8-9,12H2,1,3H3,(H,28,31). The second kappa shape index (κ2) is 8.77. The fraction of sp³-hybridized carbons (Fsp3) is 0.261. The minimum Gasteiger partial charge on any atom is -0.494 e. The molecule has 1 aliphatic rings. The van der Waals surface area contributed by atoms with E-state index < -0.39 is 11.6 Å². The molecule has 1 saturated heterocycles. The average Bonchev–Trinajstić information content (AvgIpc) is 3.41. The number of hydrogen-bond donors (Lipinski definition) is 2. The third-order valence-electron chi connectivity index (χ3n) is 5.44. The number of methoxy groups -OCH3 is 1. The minimum atomic E-state index is -0.700. The molecule has 1 amide bonds. The number of nitrogens with zero attached hydrogens (tertiary/aromatic N) is 3. The quantitative estimate of drug-likeness (QED) is 0.596. The van der Waals surface area contributed by atoms with Gasteiger partial charge in [-0.1, -0.05) is 12.1 Å². The molecule has 0 saturated carbocycles. The van der Waals surface area contributed by atoms with Crippen LogP contribution in [-0.4, -0.2) is 41.7 Å². The lowest BCUT2D eigenvalue weighted by atomic mass is 10.1. The van der Waals surface area contributed by atoms with Gasteiger partial charge in [-0.15, -0.1) is 0 Å². The van der Waals surface area contributed by atoms with Gasteiger partial charge < -0.3 is 15.4 Å². The van der Waals surface area contributed by atoms with E-state index >= 15 is 0 Å². The van der Waals surface area contributed by atoms with Gasteiger partial charge in [0.15, 0.2) is 11.6 Å². The number of ether oxygens (including phenoxy) is 1. The Labute approximate surface area is 183 Å². The van der Waals surface area contributed by atoms with Crippen molar-refractivity contribution < 1.29 is 18.3 Å². The van der Waals surface area contributed by atoms with Crippen molar-refractivity contribution in [1.29, 1.82) is 0 Å². The SMILES string of the molecule is [C-]#[N+]c1ccc(-c2nc(C(=O)NC3CCNC3)c(C)n2-c2ccc(OC)c(F)c2)cc1F. The van der Waals surface area contributed by atoms with E-state index in [2.05, 4.69) is 20.5 Å². The summed E-state index contributed by atoms with van der Waals surface area (Å²) in [4.78, 5) is 20.6. The molecule has 4 rings (SSSR count). The van der Waals surface area contributed by atoms with Crippen LogP contribution in [0.2, 0.25) is 0 Å². The Bertz CT molecular complexity index is 1230. The van der Waals surface area contributed by atoms with Gasteiger partial charge in [-0.05, 0) is 38.1 Å². The molecule has 9 heteroatoms. The molecule has 1 fully saturated rings. The highest BCUT2D eigenvalue weighted by Crippen LogP contribution is 2.31. The van der Waals surface area contributed by atoms with Crippen molar-refractivity contribution in [2.45, 2.75) is 19.4 Å². The zero-order chi connectivity index (χ0) is 22.8. The zero-order valence-electron chi connectivity index (χ0n) is 17.6. The van der Waals surface area contributed by atoms with Crippen molar-refractivity contribution in [3.63, 3.8) is 0 Å². The highest BCUT2D eigenvalue weighted by Gasteiger charge is 2.25. The first-order valence-electron chi connectivity index (χ1n) is 10.0. The first kappa shape index (κ1) is 21.5. The van der Waals surface area contributed by atoms with Crippen molar-refractivity contribution in [2.75, 3.05) is 20.2 Å². The Morgan fingerprint density at radius 1 is 1.28 bits per heavy atom. The summed E-state index contributed by atoms with van der Waals surface area (Å²) in [6, 6.07) is 8.45. The molecule has 7 nitrogen and oxygen atoms in total. The van der Waals surface area contributed by atoms with E-state index in [1.54, 1.807) is 23.6 Å². The number of aromatic nitrogens is 2. The fourth-order valence-corrected chi connectivity index (χ4v) is 3.79. The molecule has 1 aromatic heterocycles. The summed E-state index contributed by atoms with van der Waals surface area (Å²) >= 11 is 0. The highest BCUT2D eigenvalue weighted by molar-refractivity contribution is 5.94. The second-order valence-electron chi connectivity index (χ2n) is 7.46. The number of halogens is 2. The second-order valence-corrected chi connectivity index (χ2v) is 7.46. The van der Waals surface area contributed by atoms with Gasteiger partial charge in [0.2, 0.25) is 5.69 Å². The number of benzene rings is 2. The van der Waals surface area contributed by atoms with Gasteiger partial charge >= 0.3 is 0 Å². The maximum absolute atomic E-state index is 14.5. The minimum absolute atomic E-state index is 0.00988. The van der Waals surface area contributed by atoms with Gasteiger partial charge in [0.1, 0.15) is 17.3 Å². The van der Waals surface area contributed by atoms with Crippen LogP contribution in [0.5, 0.6) is 5.75 Å². The summed E-state index contributed by atoms with van der Waals surface area (Å²) in [5.74, 6) is -1.30. The number of amides is 1. The van der Waals surface area contributed by atoms with E-state index in [9.17, 15) is 13.6 Å². The number of imidazole rings is 1. The molecular weight excluding hydrogens is 416 g/mol. The van der Waals surface area contributed by atoms with E-state index in [4.69, 9.17) is 11.3 Å². The number of rotatable bonds is 5. The Hall–Kier alpha value is -3.77. The molecule has 2 aromatic carbocycles. The van der Waals surface area contributed by atoms with Crippen molar-refractivity contribution in [2.24, 2.45) is 0 Å². The first-order chi connectivity index (χ1) is 15.4. The van der Waals surface area contributed by atoms with Crippen LogP contribution >= 0.6 is 0 Å². The molecule has 0 aliphatic carbocycles. The Morgan fingerprint density at radius 3 is 2.72 bits per heavy atom. The van der Waals surface area contributed by atoms with Crippen LogP contribution in [0, 0.1) is 25.1 Å². The molecule has 32 heavy (non-hydrogen) atoms. The van der Waals surface area contributed by atoms with Gasteiger partial charge in [-0.2, -0.15) is 0 Å². The van der Waals surface area contributed by atoms with Gasteiger partial charge in [0.25, 0.3) is 5.91 Å². The largest absolute Gasteiger partial charge is 0.494 e. The van der Waals surface area contributed by atoms with E-state index in [1.807, 2.05) is 0 Å². The molecule has 0 bridgehead atoms. The first-order valence-corrected chi connectivity index (χ1v) is 10.0. The zero-order valence-corrected chi connectivity index (χ0v) is 17.6. The van der Waals surface area contributed by atoms with E-state index in [-0.39, 0.29) is 34.9 Å². The third kappa shape index (κ3) is 3.92. The Morgan fingerprint density at radius 2 is 2.09 bits per heavy atom. The molecule has 2 N–H and O–H groups in total. The summed E-state index contributed by atoms with van der Waals surface area (Å²) in [5.41, 5.74) is 1.28. The third-order valence-corrected chi connectivity index (χ3v) is 5.44. The van der Waals surface area contributed by atoms with Crippen molar-refractivity contribution in [1.82, 2.24) is 20.2 Å². The fourth-order valence-electron chi connectivity index (χ4n) is 3.79. The lowest BCUT2D eigenvalue weighted by Crippen LogP contribution is -2.36. The van der Waals surface area contributed by atoms with Crippen LogP contribution in [0.15, 0.2) is 36.4 Å². The molecule has 0 radical (unpaired) electrons. The van der Waals surface area contributed by atoms with Crippen molar-refractivity contribution in [3.05, 3.63) is 70.8 Å². The summed E-state index contributed by atoms with van der Waals surface area (Å²) in [6.45, 7) is 10.2. The van der Waals surface area contributed by atoms with Crippen LogP contribution in [0.1, 0.15) is 22.6 Å². The predicted octanol–water partition coefficient (Wildman–Crippen LogP) is 3.78. The van der Waals surface area contributed by atoms with Crippen molar-refractivity contribution >= 4 is 11.6 Å². The van der Waals surface area contributed by atoms with E-state index in [1.165, 1.54) is 31.4 Å². The monoisotopic (exact) mass is 437 g/mol. The Balaban J connectivity index is 1.85. The molecule has 1 unspecified atom stereocenters. The topological polar surface area (TPSA) is 72.5 Å². The van der Waals surface area contributed by atoms with Gasteiger partial charge in [-0.25, -0.2) is 18.6 Å². The lowest BCUT2D eigenvalue weighted by Gasteiger charge is -2.13. The normalized spacial score (nSPS) is 15.4. The molecule has 0 spiro atoms. The van der Waals surface area contributed by atoms with Gasteiger partial charge in [-0.3, -0.25) is 9.36 Å². The van der Waals surface area contributed by atoms with E-state index in [0.717, 1.165) is 13.0 Å². The van der Waals surface area contributed by atoms with Crippen LogP contribution in [0.3, 0.4) is 0 Å². The molecule has 1 aliphatic heterocycles. The predicted molar refractivity (Wildman–Crippen MR) is 115 cm³/mol. The smallest absolute Gasteiger partial charge is 0.272 e. The maximum Gasteiger partial charge on any atom is 0.272 e. The summed E-state index contributed by atoms with van der Waals surface area (Å²) in [7, 11) is 1.37. The van der Waals surface area contributed by atoms with Crippen molar-refractivity contribution in [3.8, 4) is 22.8 Å². The Kier molecular flexibility index (Phi) is 5.88. The van der Waals surface area contributed by atoms with E-state index in [0.29, 0.717) is 23.5 Å². The summed E-state index contributed by atoms with van der Waals surface area (Å²) in [5, 5.41) is 6.14. The average molecular weight is 437 g/mol. The maximum atomic E-state index is 14.5. The van der Waals surface area contributed by atoms with Crippen LogP contribution < -0.4 is 15.4 Å². The summed E-state index contributed by atoms with van der Waals surface area (Å²) < 4.78 is 35.4. The molecular formula is C23H21F2N5O2. The lowest BCUT2D eigenvalue weighted by molar-refractivity contribution is 0.0935. The molecule has 1 atom stereocenters.